The summed E-state index contributed by atoms with van der Waals surface area (Å²) in [5.74, 6) is 0. The Labute approximate surface area is 265 Å². The molecule has 4 aromatic carbocycles. The van der Waals surface area contributed by atoms with E-state index in [0.29, 0.717) is 26.4 Å². The van der Waals surface area contributed by atoms with Crippen LogP contribution in [0.3, 0.4) is 0 Å². The third-order valence-corrected chi connectivity index (χ3v) is 7.56. The Morgan fingerprint density at radius 1 is 0.600 bits per heavy atom. The van der Waals surface area contributed by atoms with Gasteiger partial charge in [0.1, 0.15) is 24.4 Å². The maximum absolute atomic E-state index is 13.0. The summed E-state index contributed by atoms with van der Waals surface area (Å²) in [4.78, 5) is 14.5. The number of hydrogen-bond donors (Lipinski definition) is 1. The zero-order valence-electron chi connectivity index (χ0n) is 25.9. The largest absolute Gasteiger partial charge is 0.374 e. The average molecular weight is 611 g/mol. The summed E-state index contributed by atoms with van der Waals surface area (Å²) in [5.41, 5.74) is 4.08. The van der Waals surface area contributed by atoms with E-state index in [9.17, 15) is 4.79 Å². The van der Waals surface area contributed by atoms with Crippen molar-refractivity contribution in [2.24, 2.45) is 0 Å². The molecule has 1 aliphatic rings. The molecule has 0 radical (unpaired) electrons. The fourth-order valence-electron chi connectivity index (χ4n) is 5.16. The van der Waals surface area contributed by atoms with Gasteiger partial charge in [0, 0.05) is 14.1 Å². The monoisotopic (exact) mass is 610 g/mol. The Hall–Kier alpha value is -4.05. The number of urea groups is 1. The van der Waals surface area contributed by atoms with E-state index in [2.05, 4.69) is 5.32 Å². The van der Waals surface area contributed by atoms with Crippen LogP contribution in [-0.2, 0) is 50.1 Å². The molecule has 5 atom stereocenters. The molecule has 4 aromatic rings. The minimum Gasteiger partial charge on any atom is -0.374 e. The molecule has 2 amide bonds. The third kappa shape index (κ3) is 9.72. The van der Waals surface area contributed by atoms with Crippen molar-refractivity contribution in [2.75, 3.05) is 20.7 Å². The molecule has 0 spiro atoms. The van der Waals surface area contributed by atoms with Gasteiger partial charge in [-0.3, -0.25) is 0 Å². The van der Waals surface area contributed by atoms with Crippen molar-refractivity contribution < 1.29 is 28.5 Å². The van der Waals surface area contributed by atoms with Crippen LogP contribution in [-0.4, -0.2) is 62.3 Å². The van der Waals surface area contributed by atoms with Gasteiger partial charge in [-0.1, -0.05) is 121 Å². The molecular formula is C37H42N2O6. The molecule has 1 saturated heterocycles. The summed E-state index contributed by atoms with van der Waals surface area (Å²) in [6.07, 6.45) is -3.26. The van der Waals surface area contributed by atoms with Crippen molar-refractivity contribution in [3.63, 3.8) is 0 Å². The van der Waals surface area contributed by atoms with Crippen molar-refractivity contribution in [2.45, 2.75) is 57.1 Å². The summed E-state index contributed by atoms with van der Waals surface area (Å²) >= 11 is 0. The maximum Gasteiger partial charge on any atom is 0.318 e. The van der Waals surface area contributed by atoms with Gasteiger partial charge >= 0.3 is 6.03 Å². The summed E-state index contributed by atoms with van der Waals surface area (Å²) in [7, 11) is 3.38. The van der Waals surface area contributed by atoms with Gasteiger partial charge < -0.3 is 33.9 Å². The third-order valence-electron chi connectivity index (χ3n) is 7.56. The highest BCUT2D eigenvalue weighted by atomic mass is 16.6. The van der Waals surface area contributed by atoms with E-state index in [-0.39, 0.29) is 12.6 Å². The van der Waals surface area contributed by atoms with E-state index >= 15 is 0 Å². The highest BCUT2D eigenvalue weighted by molar-refractivity contribution is 5.73. The van der Waals surface area contributed by atoms with Gasteiger partial charge in [-0.2, -0.15) is 0 Å². The number of hydrogen-bond acceptors (Lipinski definition) is 6. The van der Waals surface area contributed by atoms with E-state index in [4.69, 9.17) is 23.7 Å². The van der Waals surface area contributed by atoms with E-state index < -0.39 is 30.6 Å². The Morgan fingerprint density at radius 3 is 1.44 bits per heavy atom. The van der Waals surface area contributed by atoms with Crippen LogP contribution in [0.5, 0.6) is 0 Å². The number of carbonyl (C=O) groups is 1. The molecule has 5 rings (SSSR count). The van der Waals surface area contributed by atoms with Crippen LogP contribution in [0.1, 0.15) is 22.3 Å². The van der Waals surface area contributed by atoms with Crippen molar-refractivity contribution >= 4 is 6.03 Å². The van der Waals surface area contributed by atoms with Crippen molar-refractivity contribution in [1.29, 1.82) is 0 Å². The lowest BCUT2D eigenvalue weighted by atomic mass is 9.97. The van der Waals surface area contributed by atoms with Crippen LogP contribution in [0.2, 0.25) is 0 Å². The van der Waals surface area contributed by atoms with Crippen LogP contribution in [0.15, 0.2) is 121 Å². The highest BCUT2D eigenvalue weighted by Crippen LogP contribution is 2.30. The number of ether oxygens (including phenoxy) is 5. The first kappa shape index (κ1) is 32.3. The van der Waals surface area contributed by atoms with E-state index in [0.717, 1.165) is 22.3 Å². The molecule has 8 heteroatoms. The molecule has 1 aliphatic heterocycles. The minimum atomic E-state index is -0.828. The van der Waals surface area contributed by atoms with E-state index in [1.54, 1.807) is 14.1 Å². The molecule has 1 N–H and O–H groups in total. The van der Waals surface area contributed by atoms with Gasteiger partial charge in [0.25, 0.3) is 0 Å². The first-order chi connectivity index (χ1) is 22.1. The zero-order chi connectivity index (χ0) is 31.3. The first-order valence-corrected chi connectivity index (χ1v) is 15.3. The Kier molecular flexibility index (Phi) is 12.1. The smallest absolute Gasteiger partial charge is 0.318 e. The molecule has 0 aliphatic carbocycles. The number of nitrogens with one attached hydrogen (secondary N) is 1. The predicted octanol–water partition coefficient (Wildman–Crippen LogP) is 5.96. The molecule has 1 heterocycles. The number of amides is 2. The Balaban J connectivity index is 1.45. The van der Waals surface area contributed by atoms with Gasteiger partial charge in [-0.15, -0.1) is 0 Å². The molecule has 236 valence electrons. The molecule has 8 nitrogen and oxygen atoms in total. The van der Waals surface area contributed by atoms with Crippen molar-refractivity contribution in [3.8, 4) is 0 Å². The quantitative estimate of drug-likeness (QED) is 0.190. The van der Waals surface area contributed by atoms with Crippen LogP contribution in [0.25, 0.3) is 0 Å². The van der Waals surface area contributed by atoms with Crippen LogP contribution >= 0.6 is 0 Å². The number of rotatable bonds is 14. The fourth-order valence-corrected chi connectivity index (χ4v) is 5.16. The number of benzene rings is 4. The summed E-state index contributed by atoms with van der Waals surface area (Å²) in [5, 5.41) is 3.01. The summed E-state index contributed by atoms with van der Waals surface area (Å²) in [6, 6.07) is 39.5. The molecule has 0 saturated carbocycles. The fraction of sp³-hybridized carbons (Fsp3) is 0.324. The van der Waals surface area contributed by atoms with Gasteiger partial charge in [-0.25, -0.2) is 4.79 Å². The molecule has 1 fully saturated rings. The summed E-state index contributed by atoms with van der Waals surface area (Å²) < 4.78 is 32.7. The predicted molar refractivity (Wildman–Crippen MR) is 172 cm³/mol. The molecular weight excluding hydrogens is 568 g/mol. The highest BCUT2D eigenvalue weighted by Gasteiger charge is 2.49. The van der Waals surface area contributed by atoms with Crippen LogP contribution in [0.4, 0.5) is 4.79 Å². The lowest BCUT2D eigenvalue weighted by Crippen LogP contribution is -2.65. The standard InChI is InChI=1S/C37H42N2O6/c1-39(2)37(40)38-36-35(44-26-31-21-13-6-14-22-31)34(43-25-30-19-11-5-12-20-30)33(42-24-29-17-9-4-10-18-29)32(45-36)27-41-23-28-15-7-3-8-16-28/h3-22,32-36H,23-27H2,1-2H3,(H,38,40)/t32-,33+,34+,35-,36-/m1/s1. The number of carbonyl (C=O) groups excluding carboxylic acids is 1. The van der Waals surface area contributed by atoms with E-state index in [1.807, 2.05) is 121 Å². The lowest BCUT2D eigenvalue weighted by molar-refractivity contribution is -0.276. The zero-order valence-corrected chi connectivity index (χ0v) is 25.9. The summed E-state index contributed by atoms with van der Waals surface area (Å²) in [6.45, 7) is 1.60. The second-order valence-electron chi connectivity index (χ2n) is 11.2. The normalized spacial score (nSPS) is 21.2. The second kappa shape index (κ2) is 16.9. The maximum atomic E-state index is 13.0. The van der Waals surface area contributed by atoms with Crippen molar-refractivity contribution in [3.05, 3.63) is 144 Å². The Morgan fingerprint density at radius 2 is 1.00 bits per heavy atom. The first-order valence-electron chi connectivity index (χ1n) is 15.3. The average Bonchev–Trinajstić information content (AvgIpc) is 3.08. The van der Waals surface area contributed by atoms with Gasteiger partial charge in [0.2, 0.25) is 0 Å². The van der Waals surface area contributed by atoms with Gasteiger partial charge in [0.15, 0.2) is 6.23 Å². The molecule has 0 unspecified atom stereocenters. The molecule has 0 bridgehead atoms. The SMILES string of the molecule is CN(C)C(=O)N[C@@H]1O[C@H](COCc2ccccc2)[C@H](OCc2ccccc2)[C@H](OCc2ccccc2)[C@H]1OCc1ccccc1. The topological polar surface area (TPSA) is 78.5 Å². The van der Waals surface area contributed by atoms with Crippen molar-refractivity contribution in [1.82, 2.24) is 10.2 Å². The van der Waals surface area contributed by atoms with Crippen LogP contribution in [0, 0.1) is 0 Å². The lowest BCUT2D eigenvalue weighted by Gasteiger charge is -2.46. The second-order valence-corrected chi connectivity index (χ2v) is 11.2. The molecule has 45 heavy (non-hydrogen) atoms. The molecule has 0 aromatic heterocycles. The van der Waals surface area contributed by atoms with Gasteiger partial charge in [0.05, 0.1) is 33.0 Å². The van der Waals surface area contributed by atoms with Crippen LogP contribution < -0.4 is 5.32 Å². The number of nitrogens with zero attached hydrogens (tertiary/aromatic N) is 1. The van der Waals surface area contributed by atoms with Gasteiger partial charge in [-0.05, 0) is 22.3 Å². The minimum absolute atomic E-state index is 0.222. The van der Waals surface area contributed by atoms with E-state index in [1.165, 1.54) is 4.90 Å². The Bertz CT molecular complexity index is 1410.